The highest BCUT2D eigenvalue weighted by molar-refractivity contribution is 6.02. The quantitative estimate of drug-likeness (QED) is 0.385. The van der Waals surface area contributed by atoms with E-state index >= 15 is 0 Å². The number of fused-ring (bicyclic) bond motifs is 2. The zero-order chi connectivity index (χ0) is 25.2. The van der Waals surface area contributed by atoms with Crippen LogP contribution in [0.15, 0.2) is 54.9 Å². The molecule has 1 N–H and O–H groups in total. The third-order valence-corrected chi connectivity index (χ3v) is 5.91. The second-order valence-electron chi connectivity index (χ2n) is 8.11. The number of urea groups is 1. The minimum absolute atomic E-state index is 0.0869. The van der Waals surface area contributed by atoms with Crippen LogP contribution in [0.25, 0.3) is 10.9 Å². The van der Waals surface area contributed by atoms with E-state index in [2.05, 4.69) is 15.3 Å². The number of nitrogens with zero attached hydrogens (tertiary/aromatic N) is 3. The molecule has 4 aromatic rings. The molecule has 8 nitrogen and oxygen atoms in total. The first-order chi connectivity index (χ1) is 17.5. The minimum atomic E-state index is -0.837. The van der Waals surface area contributed by atoms with Crippen LogP contribution in [0, 0.1) is 11.6 Å². The molecule has 2 heterocycles. The van der Waals surface area contributed by atoms with Gasteiger partial charge in [-0.15, -0.1) is 0 Å². The number of benzene rings is 3. The number of hydrogen-bond acceptors (Lipinski definition) is 6. The Balaban J connectivity index is 1.41. The Kier molecular flexibility index (Phi) is 6.24. The zero-order valence-corrected chi connectivity index (χ0v) is 19.5. The lowest BCUT2D eigenvalue weighted by atomic mass is 10.0. The average molecular weight is 492 g/mol. The number of rotatable bonds is 5. The van der Waals surface area contributed by atoms with Crippen molar-refractivity contribution in [2.75, 3.05) is 31.0 Å². The fraction of sp³-hybridized carbons (Fsp3) is 0.192. The highest BCUT2D eigenvalue weighted by Gasteiger charge is 2.24. The maximum atomic E-state index is 14.0. The topological polar surface area (TPSA) is 85.8 Å². The van der Waals surface area contributed by atoms with Gasteiger partial charge in [-0.05, 0) is 54.8 Å². The summed E-state index contributed by atoms with van der Waals surface area (Å²) in [5.74, 6) is 0.399. The van der Waals surface area contributed by atoms with Gasteiger partial charge in [-0.1, -0.05) is 0 Å². The third kappa shape index (κ3) is 4.45. The second kappa shape index (κ2) is 9.65. The molecule has 3 aromatic carbocycles. The summed E-state index contributed by atoms with van der Waals surface area (Å²) in [6.45, 7) is 0.458. The molecule has 1 aromatic heterocycles. The van der Waals surface area contributed by atoms with Gasteiger partial charge in [-0.2, -0.15) is 0 Å². The summed E-state index contributed by atoms with van der Waals surface area (Å²) < 4.78 is 44.0. The molecule has 5 rings (SSSR count). The largest absolute Gasteiger partial charge is 0.493 e. The molecule has 0 bridgehead atoms. The molecule has 0 atom stereocenters. The summed E-state index contributed by atoms with van der Waals surface area (Å²) in [5, 5.41) is 3.17. The van der Waals surface area contributed by atoms with E-state index in [4.69, 9.17) is 14.2 Å². The van der Waals surface area contributed by atoms with Crippen LogP contribution in [0.4, 0.5) is 25.0 Å². The fourth-order valence-electron chi connectivity index (χ4n) is 4.17. The molecule has 1 aliphatic heterocycles. The molecule has 0 fully saturated rings. The summed E-state index contributed by atoms with van der Waals surface area (Å²) in [6, 6.07) is 11.4. The first kappa shape index (κ1) is 23.3. The molecule has 36 heavy (non-hydrogen) atoms. The van der Waals surface area contributed by atoms with Gasteiger partial charge in [0, 0.05) is 24.4 Å². The Morgan fingerprint density at radius 1 is 1.00 bits per heavy atom. The Hall–Kier alpha value is -4.47. The number of ether oxygens (including phenoxy) is 3. The Morgan fingerprint density at radius 2 is 1.81 bits per heavy atom. The van der Waals surface area contributed by atoms with Crippen molar-refractivity contribution in [1.82, 2.24) is 9.97 Å². The Morgan fingerprint density at radius 3 is 2.58 bits per heavy atom. The maximum absolute atomic E-state index is 14.0. The van der Waals surface area contributed by atoms with E-state index in [1.165, 1.54) is 17.3 Å². The van der Waals surface area contributed by atoms with Crippen LogP contribution < -0.4 is 24.4 Å². The molecule has 0 radical (unpaired) electrons. The number of aryl methyl sites for hydroxylation is 1. The van der Waals surface area contributed by atoms with Crippen molar-refractivity contribution < 1.29 is 27.8 Å². The van der Waals surface area contributed by atoms with Crippen LogP contribution in [0.2, 0.25) is 0 Å². The number of hydrogen-bond donors (Lipinski definition) is 1. The summed E-state index contributed by atoms with van der Waals surface area (Å²) >= 11 is 0. The normalized spacial score (nSPS) is 12.7. The summed E-state index contributed by atoms with van der Waals surface area (Å²) in [5.41, 5.74) is 2.13. The number of amides is 2. The predicted molar refractivity (Wildman–Crippen MR) is 130 cm³/mol. The lowest BCUT2D eigenvalue weighted by molar-refractivity contribution is 0.256. The molecule has 0 aliphatic carbocycles. The molecule has 1 aliphatic rings. The van der Waals surface area contributed by atoms with Crippen LogP contribution in [-0.2, 0) is 6.42 Å². The van der Waals surface area contributed by atoms with Gasteiger partial charge >= 0.3 is 6.03 Å². The summed E-state index contributed by atoms with van der Waals surface area (Å²) in [7, 11) is 3.10. The van der Waals surface area contributed by atoms with Crippen molar-refractivity contribution in [2.24, 2.45) is 0 Å². The van der Waals surface area contributed by atoms with Gasteiger partial charge in [0.15, 0.2) is 11.5 Å². The van der Waals surface area contributed by atoms with E-state index in [0.717, 1.165) is 24.1 Å². The lowest BCUT2D eigenvalue weighted by Gasteiger charge is -2.30. The third-order valence-electron chi connectivity index (χ3n) is 5.91. The van der Waals surface area contributed by atoms with Crippen molar-refractivity contribution in [3.8, 4) is 23.1 Å². The van der Waals surface area contributed by atoms with Crippen molar-refractivity contribution in [2.45, 2.75) is 12.8 Å². The average Bonchev–Trinajstić information content (AvgIpc) is 2.89. The first-order valence-corrected chi connectivity index (χ1v) is 11.2. The SMILES string of the molecule is COc1cc2ncnc(Oc3ccc4c(c3)CCCN4C(=O)Nc3ccc(F)cc3F)c2cc1OC. The molecule has 0 saturated heterocycles. The van der Waals surface area contributed by atoms with Gasteiger partial charge in [0.2, 0.25) is 5.88 Å². The maximum Gasteiger partial charge on any atom is 0.326 e. The van der Waals surface area contributed by atoms with E-state index in [1.54, 1.807) is 38.5 Å². The Labute approximate surface area is 205 Å². The van der Waals surface area contributed by atoms with Crippen molar-refractivity contribution in [3.05, 3.63) is 72.1 Å². The summed E-state index contributed by atoms with van der Waals surface area (Å²) in [6.07, 6.45) is 2.85. The van der Waals surface area contributed by atoms with E-state index < -0.39 is 17.7 Å². The molecular weight excluding hydrogens is 470 g/mol. The van der Waals surface area contributed by atoms with Gasteiger partial charge < -0.3 is 19.5 Å². The minimum Gasteiger partial charge on any atom is -0.493 e. The number of carbonyl (C=O) groups excluding carboxylic acids is 1. The summed E-state index contributed by atoms with van der Waals surface area (Å²) in [4.78, 5) is 23.0. The van der Waals surface area contributed by atoms with Gasteiger partial charge in [0.25, 0.3) is 0 Å². The standard InChI is InChI=1S/C26H22F2N4O4/c1-34-23-12-18-21(13-24(23)35-2)29-14-30-25(18)36-17-6-8-22-15(10-17)4-3-9-32(22)26(33)31-20-7-5-16(27)11-19(20)28/h5-8,10-14H,3-4,9H2,1-2H3,(H,31,33). The number of anilines is 2. The van der Waals surface area contributed by atoms with E-state index in [9.17, 15) is 13.6 Å². The predicted octanol–water partition coefficient (Wildman–Crippen LogP) is 5.70. The van der Waals surface area contributed by atoms with Crippen molar-refractivity contribution in [1.29, 1.82) is 0 Å². The van der Waals surface area contributed by atoms with Gasteiger partial charge in [-0.25, -0.2) is 23.5 Å². The van der Waals surface area contributed by atoms with Crippen LogP contribution in [0.5, 0.6) is 23.1 Å². The first-order valence-electron chi connectivity index (χ1n) is 11.2. The number of halogens is 2. The van der Waals surface area contributed by atoms with Crippen molar-refractivity contribution in [3.63, 3.8) is 0 Å². The van der Waals surface area contributed by atoms with Crippen LogP contribution >= 0.6 is 0 Å². The molecule has 184 valence electrons. The number of carbonyl (C=O) groups is 1. The lowest BCUT2D eigenvalue weighted by Crippen LogP contribution is -2.38. The molecule has 0 spiro atoms. The van der Waals surface area contributed by atoms with Gasteiger partial charge in [0.1, 0.15) is 23.7 Å². The Bertz CT molecular complexity index is 1460. The molecule has 0 saturated carbocycles. The smallest absolute Gasteiger partial charge is 0.326 e. The van der Waals surface area contributed by atoms with Gasteiger partial charge in [0.05, 0.1) is 30.8 Å². The number of methoxy groups -OCH3 is 2. The molecular formula is C26H22F2N4O4. The van der Waals surface area contributed by atoms with E-state index in [0.29, 0.717) is 52.7 Å². The fourth-order valence-corrected chi connectivity index (χ4v) is 4.17. The number of nitrogens with one attached hydrogen (secondary N) is 1. The number of aromatic nitrogens is 2. The van der Waals surface area contributed by atoms with Crippen molar-refractivity contribution >= 4 is 28.3 Å². The van der Waals surface area contributed by atoms with E-state index in [-0.39, 0.29) is 5.69 Å². The zero-order valence-electron chi connectivity index (χ0n) is 19.5. The second-order valence-corrected chi connectivity index (χ2v) is 8.11. The highest BCUT2D eigenvalue weighted by Crippen LogP contribution is 2.37. The van der Waals surface area contributed by atoms with Gasteiger partial charge in [-0.3, -0.25) is 4.90 Å². The van der Waals surface area contributed by atoms with E-state index in [1.807, 2.05) is 6.07 Å². The highest BCUT2D eigenvalue weighted by atomic mass is 19.1. The molecule has 0 unspecified atom stereocenters. The monoisotopic (exact) mass is 492 g/mol. The van der Waals surface area contributed by atoms with Crippen LogP contribution in [-0.4, -0.2) is 36.8 Å². The van der Waals surface area contributed by atoms with Crippen LogP contribution in [0.1, 0.15) is 12.0 Å². The van der Waals surface area contributed by atoms with Crippen LogP contribution in [0.3, 0.4) is 0 Å². The molecule has 10 heteroatoms. The molecule has 2 amide bonds.